The Balaban J connectivity index is 2.18. The van der Waals surface area contributed by atoms with Crippen molar-refractivity contribution in [2.75, 3.05) is 20.8 Å². The molecule has 3 rings (SSSR count). The average molecular weight is 372 g/mol. The molecule has 0 N–H and O–H groups in total. The predicted molar refractivity (Wildman–Crippen MR) is 105 cm³/mol. The van der Waals surface area contributed by atoms with Gasteiger partial charge < -0.3 is 13.9 Å². The van der Waals surface area contributed by atoms with E-state index in [2.05, 4.69) is 6.92 Å². The minimum Gasteiger partial charge on any atom is -0.493 e. The molecule has 0 aliphatic heterocycles. The van der Waals surface area contributed by atoms with E-state index in [9.17, 15) is 0 Å². The highest BCUT2D eigenvalue weighted by Gasteiger charge is 2.10. The molecule has 0 spiro atoms. The van der Waals surface area contributed by atoms with Crippen LogP contribution in [0.4, 0.5) is 0 Å². The number of ether oxygens (including phenoxy) is 2. The maximum Gasteiger partial charge on any atom is 0.161 e. The Kier molecular flexibility index (Phi) is 5.84. The van der Waals surface area contributed by atoms with Crippen LogP contribution in [0.3, 0.4) is 0 Å². The molecule has 0 fully saturated rings. The SMILES string of the molecule is CCCCN=c1cc(-c2ccc(OC)c(OC)c2)oc2ccc(Cl)cc12. The van der Waals surface area contributed by atoms with Crippen molar-refractivity contribution in [2.45, 2.75) is 19.8 Å². The van der Waals surface area contributed by atoms with E-state index in [-0.39, 0.29) is 0 Å². The van der Waals surface area contributed by atoms with Gasteiger partial charge in [0.25, 0.3) is 0 Å². The van der Waals surface area contributed by atoms with Crippen LogP contribution in [0.25, 0.3) is 22.3 Å². The molecule has 4 nitrogen and oxygen atoms in total. The lowest BCUT2D eigenvalue weighted by Gasteiger charge is -2.10. The number of halogens is 1. The van der Waals surface area contributed by atoms with Crippen molar-refractivity contribution < 1.29 is 13.9 Å². The van der Waals surface area contributed by atoms with Crippen molar-refractivity contribution in [2.24, 2.45) is 4.99 Å². The third-order valence-electron chi connectivity index (χ3n) is 4.17. The van der Waals surface area contributed by atoms with Crippen LogP contribution in [0.2, 0.25) is 5.02 Å². The first-order valence-electron chi connectivity index (χ1n) is 8.62. The van der Waals surface area contributed by atoms with Crippen molar-refractivity contribution >= 4 is 22.6 Å². The van der Waals surface area contributed by atoms with E-state index in [1.165, 1.54) is 0 Å². The van der Waals surface area contributed by atoms with Gasteiger partial charge in [-0.1, -0.05) is 24.9 Å². The number of unbranched alkanes of at least 4 members (excludes halogenated alkanes) is 1. The molecule has 1 aromatic heterocycles. The first-order valence-corrected chi connectivity index (χ1v) is 9.00. The number of methoxy groups -OCH3 is 2. The van der Waals surface area contributed by atoms with Crippen LogP contribution in [0, 0.1) is 0 Å². The summed E-state index contributed by atoms with van der Waals surface area (Å²) in [4.78, 5) is 4.75. The zero-order valence-electron chi connectivity index (χ0n) is 15.2. The number of fused-ring (bicyclic) bond motifs is 1. The summed E-state index contributed by atoms with van der Waals surface area (Å²) in [6.07, 6.45) is 2.14. The molecule has 2 aromatic carbocycles. The van der Waals surface area contributed by atoms with Gasteiger partial charge in [-0.25, -0.2) is 0 Å². The van der Waals surface area contributed by atoms with Gasteiger partial charge in [0.2, 0.25) is 0 Å². The summed E-state index contributed by atoms with van der Waals surface area (Å²) in [5.41, 5.74) is 1.64. The molecule has 0 saturated heterocycles. The lowest BCUT2D eigenvalue weighted by Crippen LogP contribution is -2.05. The largest absolute Gasteiger partial charge is 0.493 e. The maximum atomic E-state index is 6.17. The molecule has 0 saturated carbocycles. The van der Waals surface area contributed by atoms with Gasteiger partial charge in [-0.2, -0.15) is 0 Å². The molecule has 26 heavy (non-hydrogen) atoms. The van der Waals surface area contributed by atoms with Gasteiger partial charge in [0.05, 0.1) is 19.6 Å². The minimum absolute atomic E-state index is 0.654. The monoisotopic (exact) mass is 371 g/mol. The standard InChI is InChI=1S/C21H22ClNO3/c1-4-5-10-23-17-13-20(26-18-9-7-15(22)12-16(17)18)14-6-8-19(24-2)21(11-14)25-3/h6-9,11-13H,4-5,10H2,1-3H3. The summed E-state index contributed by atoms with van der Waals surface area (Å²) in [6, 6.07) is 13.2. The predicted octanol–water partition coefficient (Wildman–Crippen LogP) is 5.47. The number of rotatable bonds is 6. The van der Waals surface area contributed by atoms with E-state index in [1.54, 1.807) is 14.2 Å². The van der Waals surface area contributed by atoms with Crippen LogP contribution < -0.4 is 14.8 Å². The zero-order chi connectivity index (χ0) is 18.5. The fourth-order valence-corrected chi connectivity index (χ4v) is 2.93. The van der Waals surface area contributed by atoms with Gasteiger partial charge in [-0.05, 0) is 42.8 Å². The Hall–Kier alpha value is -2.46. The molecule has 0 radical (unpaired) electrons. The Bertz CT molecular complexity index is 979. The molecule has 1 heterocycles. The van der Waals surface area contributed by atoms with Crippen LogP contribution in [0.15, 0.2) is 51.9 Å². The topological polar surface area (TPSA) is 44.0 Å². The molecule has 0 atom stereocenters. The summed E-state index contributed by atoms with van der Waals surface area (Å²) in [7, 11) is 3.24. The Morgan fingerprint density at radius 3 is 2.54 bits per heavy atom. The van der Waals surface area contributed by atoms with E-state index < -0.39 is 0 Å². The summed E-state index contributed by atoms with van der Waals surface area (Å²) in [6.45, 7) is 2.92. The number of hydrogen-bond acceptors (Lipinski definition) is 4. The minimum atomic E-state index is 0.654. The number of nitrogens with zero attached hydrogens (tertiary/aromatic N) is 1. The number of benzene rings is 2. The Morgan fingerprint density at radius 2 is 1.81 bits per heavy atom. The average Bonchev–Trinajstić information content (AvgIpc) is 2.67. The molecule has 0 amide bonds. The van der Waals surface area contributed by atoms with Gasteiger partial charge in [-0.3, -0.25) is 4.99 Å². The fraction of sp³-hybridized carbons (Fsp3) is 0.286. The Labute approximate surface area is 158 Å². The van der Waals surface area contributed by atoms with Crippen LogP contribution in [0.5, 0.6) is 11.5 Å². The van der Waals surface area contributed by atoms with Crippen molar-refractivity contribution in [3.63, 3.8) is 0 Å². The van der Waals surface area contributed by atoms with Crippen LogP contribution >= 0.6 is 11.6 Å². The highest BCUT2D eigenvalue weighted by Crippen LogP contribution is 2.33. The smallest absolute Gasteiger partial charge is 0.161 e. The van der Waals surface area contributed by atoms with E-state index in [0.717, 1.165) is 47.0 Å². The molecule has 0 unspecified atom stereocenters. The van der Waals surface area contributed by atoms with Crippen LogP contribution in [-0.4, -0.2) is 20.8 Å². The second-order valence-corrected chi connectivity index (χ2v) is 6.38. The van der Waals surface area contributed by atoms with E-state index in [4.69, 9.17) is 30.5 Å². The van der Waals surface area contributed by atoms with Crippen LogP contribution in [0.1, 0.15) is 19.8 Å². The zero-order valence-corrected chi connectivity index (χ0v) is 16.0. The van der Waals surface area contributed by atoms with Crippen molar-refractivity contribution in [3.8, 4) is 22.8 Å². The third-order valence-corrected chi connectivity index (χ3v) is 4.40. The lowest BCUT2D eigenvalue weighted by atomic mass is 10.1. The molecule has 0 bridgehead atoms. The normalized spacial score (nSPS) is 11.8. The molecule has 0 aliphatic carbocycles. The van der Waals surface area contributed by atoms with Crippen molar-refractivity contribution in [1.29, 1.82) is 0 Å². The van der Waals surface area contributed by atoms with Crippen molar-refractivity contribution in [1.82, 2.24) is 0 Å². The van der Waals surface area contributed by atoms with Gasteiger partial charge in [0, 0.05) is 28.6 Å². The first kappa shape index (κ1) is 18.3. The highest BCUT2D eigenvalue weighted by molar-refractivity contribution is 6.31. The molecular weight excluding hydrogens is 350 g/mol. The lowest BCUT2D eigenvalue weighted by molar-refractivity contribution is 0.355. The second-order valence-electron chi connectivity index (χ2n) is 5.94. The summed E-state index contributed by atoms with van der Waals surface area (Å²) >= 11 is 6.17. The van der Waals surface area contributed by atoms with Crippen LogP contribution in [-0.2, 0) is 0 Å². The highest BCUT2D eigenvalue weighted by atomic mass is 35.5. The number of hydrogen-bond donors (Lipinski definition) is 0. The van der Waals surface area contributed by atoms with Gasteiger partial charge in [0.15, 0.2) is 11.5 Å². The maximum absolute atomic E-state index is 6.17. The second kappa shape index (κ2) is 8.28. The molecule has 0 aliphatic rings. The molecule has 5 heteroatoms. The summed E-state index contributed by atoms with van der Waals surface area (Å²) in [5.74, 6) is 2.05. The van der Waals surface area contributed by atoms with Gasteiger partial charge in [-0.15, -0.1) is 0 Å². The summed E-state index contributed by atoms with van der Waals surface area (Å²) in [5, 5.41) is 2.46. The van der Waals surface area contributed by atoms with Crippen molar-refractivity contribution in [3.05, 3.63) is 52.8 Å². The molecule has 136 valence electrons. The van der Waals surface area contributed by atoms with E-state index in [0.29, 0.717) is 16.5 Å². The fourth-order valence-electron chi connectivity index (χ4n) is 2.76. The first-order chi connectivity index (χ1) is 12.7. The molecular formula is C21H22ClNO3. The molecule has 3 aromatic rings. The van der Waals surface area contributed by atoms with Gasteiger partial charge >= 0.3 is 0 Å². The van der Waals surface area contributed by atoms with Gasteiger partial charge in [0.1, 0.15) is 11.3 Å². The van der Waals surface area contributed by atoms with E-state index in [1.807, 2.05) is 42.5 Å². The third kappa shape index (κ3) is 3.86. The summed E-state index contributed by atoms with van der Waals surface area (Å²) < 4.78 is 16.8. The quantitative estimate of drug-likeness (QED) is 0.539. The van der Waals surface area contributed by atoms with E-state index >= 15 is 0 Å². The Morgan fingerprint density at radius 1 is 1.00 bits per heavy atom.